The maximum absolute atomic E-state index is 12.2. The zero-order valence-corrected chi connectivity index (χ0v) is 13.3. The molecule has 2 N–H and O–H groups in total. The van der Waals surface area contributed by atoms with Gasteiger partial charge in [0.05, 0.1) is 5.69 Å². The van der Waals surface area contributed by atoms with E-state index in [0.717, 1.165) is 0 Å². The van der Waals surface area contributed by atoms with Gasteiger partial charge in [-0.15, -0.1) is 5.10 Å². The zero-order valence-electron chi connectivity index (χ0n) is 13.3. The van der Waals surface area contributed by atoms with Gasteiger partial charge >= 0.3 is 0 Å². The molecule has 0 aliphatic rings. The molecule has 0 bridgehead atoms. The van der Waals surface area contributed by atoms with Gasteiger partial charge in [0.25, 0.3) is 11.8 Å². The number of rotatable bonds is 6. The van der Waals surface area contributed by atoms with Crippen LogP contribution in [0.4, 0.5) is 0 Å². The van der Waals surface area contributed by atoms with E-state index >= 15 is 0 Å². The van der Waals surface area contributed by atoms with Crippen LogP contribution in [0.1, 0.15) is 20.7 Å². The molecule has 2 aromatic carbocycles. The molecule has 0 fully saturated rings. The molecule has 0 aliphatic heterocycles. The van der Waals surface area contributed by atoms with Crippen LogP contribution in [-0.2, 0) is 0 Å². The molecule has 25 heavy (non-hydrogen) atoms. The first-order valence-corrected chi connectivity index (χ1v) is 7.69. The van der Waals surface area contributed by atoms with Crippen LogP contribution in [-0.4, -0.2) is 45.1 Å². The lowest BCUT2D eigenvalue weighted by Crippen LogP contribution is -2.34. The first-order chi connectivity index (χ1) is 12.2. The van der Waals surface area contributed by atoms with E-state index in [1.165, 1.54) is 11.0 Å². The van der Waals surface area contributed by atoms with Crippen molar-refractivity contribution in [2.45, 2.75) is 0 Å². The summed E-state index contributed by atoms with van der Waals surface area (Å²) in [5, 5.41) is 16.4. The number of benzene rings is 2. The molecule has 3 rings (SSSR count). The van der Waals surface area contributed by atoms with Crippen LogP contribution in [0.15, 0.2) is 60.9 Å². The molecule has 1 heterocycles. The minimum absolute atomic E-state index is 0.171. The largest absolute Gasteiger partial charge is 0.350 e. The van der Waals surface area contributed by atoms with Crippen LogP contribution >= 0.6 is 0 Å². The van der Waals surface area contributed by atoms with Crippen molar-refractivity contribution in [3.63, 3.8) is 0 Å². The standard InChI is InChI=1S/C17H16N6O2/c24-16(13-5-2-1-3-6-13)18-9-10-19-17(25)14-7-4-8-15(11-14)23-12-20-21-22-23/h1-8,11-12H,9-10H2,(H,18,24)(H,19,25). The van der Waals surface area contributed by atoms with E-state index in [2.05, 4.69) is 26.2 Å². The van der Waals surface area contributed by atoms with E-state index < -0.39 is 0 Å². The molecule has 2 amide bonds. The number of amides is 2. The first kappa shape index (κ1) is 16.3. The molecule has 0 unspecified atom stereocenters. The minimum Gasteiger partial charge on any atom is -0.350 e. The minimum atomic E-state index is -0.233. The smallest absolute Gasteiger partial charge is 0.251 e. The van der Waals surface area contributed by atoms with E-state index in [1.54, 1.807) is 48.5 Å². The lowest BCUT2D eigenvalue weighted by atomic mass is 10.2. The monoisotopic (exact) mass is 336 g/mol. The summed E-state index contributed by atoms with van der Waals surface area (Å²) < 4.78 is 1.47. The van der Waals surface area contributed by atoms with E-state index in [1.807, 2.05) is 6.07 Å². The molecular formula is C17H16N6O2. The van der Waals surface area contributed by atoms with Crippen LogP contribution < -0.4 is 10.6 Å². The Morgan fingerprint density at radius 2 is 1.56 bits per heavy atom. The fourth-order valence-corrected chi connectivity index (χ4v) is 2.21. The molecule has 0 spiro atoms. The third-order valence-electron chi connectivity index (χ3n) is 3.45. The van der Waals surface area contributed by atoms with Crippen molar-refractivity contribution in [1.82, 2.24) is 30.8 Å². The second-order valence-corrected chi connectivity index (χ2v) is 5.18. The average molecular weight is 336 g/mol. The van der Waals surface area contributed by atoms with Crippen molar-refractivity contribution in [2.24, 2.45) is 0 Å². The summed E-state index contributed by atoms with van der Waals surface area (Å²) in [7, 11) is 0. The zero-order chi connectivity index (χ0) is 17.5. The number of hydrogen-bond donors (Lipinski definition) is 2. The topological polar surface area (TPSA) is 102 Å². The van der Waals surface area contributed by atoms with Crippen molar-refractivity contribution in [2.75, 3.05) is 13.1 Å². The van der Waals surface area contributed by atoms with E-state index in [9.17, 15) is 9.59 Å². The van der Waals surface area contributed by atoms with Gasteiger partial charge in [-0.3, -0.25) is 9.59 Å². The summed E-state index contributed by atoms with van der Waals surface area (Å²) in [6, 6.07) is 15.9. The number of tetrazole rings is 1. The van der Waals surface area contributed by atoms with Crippen LogP contribution in [0.25, 0.3) is 5.69 Å². The van der Waals surface area contributed by atoms with Gasteiger partial charge in [0.15, 0.2) is 0 Å². The van der Waals surface area contributed by atoms with Crippen LogP contribution in [0.5, 0.6) is 0 Å². The van der Waals surface area contributed by atoms with Crippen LogP contribution in [0.3, 0.4) is 0 Å². The summed E-state index contributed by atoms with van der Waals surface area (Å²) in [4.78, 5) is 24.1. The number of nitrogens with zero attached hydrogens (tertiary/aromatic N) is 4. The molecule has 3 aromatic rings. The van der Waals surface area contributed by atoms with Crippen LogP contribution in [0.2, 0.25) is 0 Å². The summed E-state index contributed by atoms with van der Waals surface area (Å²) >= 11 is 0. The maximum Gasteiger partial charge on any atom is 0.251 e. The highest BCUT2D eigenvalue weighted by molar-refractivity contribution is 5.95. The fourth-order valence-electron chi connectivity index (χ4n) is 2.21. The van der Waals surface area contributed by atoms with Gasteiger partial charge in [-0.1, -0.05) is 24.3 Å². The second-order valence-electron chi connectivity index (χ2n) is 5.18. The van der Waals surface area contributed by atoms with Gasteiger partial charge in [-0.05, 0) is 40.8 Å². The Kier molecular flexibility index (Phi) is 5.10. The number of nitrogens with one attached hydrogen (secondary N) is 2. The predicted octanol–water partition coefficient (Wildman–Crippen LogP) is 0.822. The number of carbonyl (C=O) groups excluding carboxylic acids is 2. The van der Waals surface area contributed by atoms with Gasteiger partial charge < -0.3 is 10.6 Å². The van der Waals surface area contributed by atoms with E-state index in [0.29, 0.717) is 29.9 Å². The van der Waals surface area contributed by atoms with Crippen molar-refractivity contribution >= 4 is 11.8 Å². The molecular weight excluding hydrogens is 320 g/mol. The average Bonchev–Trinajstić information content (AvgIpc) is 3.20. The summed E-state index contributed by atoms with van der Waals surface area (Å²) in [6.45, 7) is 0.665. The molecule has 0 saturated heterocycles. The van der Waals surface area contributed by atoms with Crippen molar-refractivity contribution in [3.8, 4) is 5.69 Å². The van der Waals surface area contributed by atoms with E-state index in [-0.39, 0.29) is 11.8 Å². The Morgan fingerprint density at radius 1 is 0.880 bits per heavy atom. The Hall–Kier alpha value is -3.55. The van der Waals surface area contributed by atoms with Gasteiger partial charge in [0.2, 0.25) is 0 Å². The SMILES string of the molecule is O=C(NCCNC(=O)c1cccc(-n2cnnn2)c1)c1ccccc1. The van der Waals surface area contributed by atoms with E-state index in [4.69, 9.17) is 0 Å². The normalized spacial score (nSPS) is 10.2. The Labute approximate surface area is 143 Å². The highest BCUT2D eigenvalue weighted by Gasteiger charge is 2.08. The highest BCUT2D eigenvalue weighted by atomic mass is 16.2. The maximum atomic E-state index is 12.2. The molecule has 0 atom stereocenters. The van der Waals surface area contributed by atoms with Gasteiger partial charge in [-0.2, -0.15) is 0 Å². The Morgan fingerprint density at radius 3 is 2.24 bits per heavy atom. The molecule has 0 radical (unpaired) electrons. The van der Waals surface area contributed by atoms with Gasteiger partial charge in [-0.25, -0.2) is 4.68 Å². The fraction of sp³-hybridized carbons (Fsp3) is 0.118. The molecule has 8 heteroatoms. The summed E-state index contributed by atoms with van der Waals surface area (Å²) in [6.07, 6.45) is 1.45. The summed E-state index contributed by atoms with van der Waals surface area (Å²) in [5.74, 6) is -0.403. The molecule has 126 valence electrons. The quantitative estimate of drug-likeness (QED) is 0.649. The first-order valence-electron chi connectivity index (χ1n) is 7.69. The van der Waals surface area contributed by atoms with Gasteiger partial charge in [0, 0.05) is 24.2 Å². The molecule has 8 nitrogen and oxygen atoms in total. The predicted molar refractivity (Wildman–Crippen MR) is 90.3 cm³/mol. The van der Waals surface area contributed by atoms with Crippen molar-refractivity contribution in [3.05, 3.63) is 72.1 Å². The molecule has 0 saturated carbocycles. The number of hydrogen-bond acceptors (Lipinski definition) is 5. The Balaban J connectivity index is 1.50. The van der Waals surface area contributed by atoms with Crippen molar-refractivity contribution < 1.29 is 9.59 Å². The Bertz CT molecular complexity index is 849. The van der Waals surface area contributed by atoms with Gasteiger partial charge in [0.1, 0.15) is 6.33 Å². The lowest BCUT2D eigenvalue weighted by molar-refractivity contribution is 0.0927. The second kappa shape index (κ2) is 7.82. The molecule has 1 aromatic heterocycles. The third-order valence-corrected chi connectivity index (χ3v) is 3.45. The molecule has 0 aliphatic carbocycles. The highest BCUT2D eigenvalue weighted by Crippen LogP contribution is 2.08. The number of aromatic nitrogens is 4. The van der Waals surface area contributed by atoms with Crippen molar-refractivity contribution in [1.29, 1.82) is 0 Å². The van der Waals surface area contributed by atoms with Crippen LogP contribution in [0, 0.1) is 0 Å². The number of carbonyl (C=O) groups is 2. The third kappa shape index (κ3) is 4.25. The lowest BCUT2D eigenvalue weighted by Gasteiger charge is -2.08. The summed E-state index contributed by atoms with van der Waals surface area (Å²) in [5.41, 5.74) is 1.76.